The summed E-state index contributed by atoms with van der Waals surface area (Å²) in [6, 6.07) is 0.0349. The Balaban J connectivity index is 1.71. The fraction of sp³-hybridized carbons (Fsp3) is 0.471. The van der Waals surface area contributed by atoms with E-state index in [-0.39, 0.29) is 18.9 Å². The van der Waals surface area contributed by atoms with Crippen LogP contribution in [0.15, 0.2) is 16.8 Å². The van der Waals surface area contributed by atoms with Crippen LogP contribution in [0.5, 0.6) is 0 Å². The minimum absolute atomic E-state index is 0.0349. The molecule has 2 aliphatic rings. The predicted molar refractivity (Wildman–Crippen MR) is 165 cm³/mol. The maximum Gasteiger partial charge on any atom is 0.303 e. The van der Waals surface area contributed by atoms with Crippen molar-refractivity contribution in [3.8, 4) is 0 Å². The van der Waals surface area contributed by atoms with Gasteiger partial charge in [-0.1, -0.05) is 13.8 Å². The second-order valence-corrected chi connectivity index (χ2v) is 12.0. The first-order valence-corrected chi connectivity index (χ1v) is 15.2. The fourth-order valence-electron chi connectivity index (χ4n) is 7.13. The van der Waals surface area contributed by atoms with Gasteiger partial charge in [0.1, 0.15) is 0 Å². The van der Waals surface area contributed by atoms with Gasteiger partial charge in [0.25, 0.3) is 0 Å². The van der Waals surface area contributed by atoms with E-state index in [1.54, 1.807) is 0 Å². The van der Waals surface area contributed by atoms with Crippen LogP contribution in [0.2, 0.25) is 0 Å². The zero-order valence-electron chi connectivity index (χ0n) is 25.7. The molecular weight excluding hydrogens is 528 g/mol. The average molecular weight is 573 g/mol. The number of aromatic amines is 3. The highest BCUT2D eigenvalue weighted by Gasteiger charge is 2.29. The van der Waals surface area contributed by atoms with Gasteiger partial charge in [0, 0.05) is 72.0 Å². The molecule has 3 aromatic rings. The number of fused-ring (bicyclic) bond motifs is 8. The molecule has 0 radical (unpaired) electrons. The van der Waals surface area contributed by atoms with Gasteiger partial charge in [0.2, 0.25) is 0 Å². The molecule has 1 atom stereocenters. The summed E-state index contributed by atoms with van der Waals surface area (Å²) in [6.45, 7) is 13.0. The molecule has 1 unspecified atom stereocenters. The maximum atomic E-state index is 11.6. The molecule has 6 N–H and O–H groups in total. The molecule has 2 aliphatic heterocycles. The van der Waals surface area contributed by atoms with Crippen molar-refractivity contribution in [1.29, 1.82) is 0 Å². The van der Waals surface area contributed by atoms with E-state index in [1.165, 1.54) is 45.0 Å². The summed E-state index contributed by atoms with van der Waals surface area (Å²) >= 11 is 0. The molecule has 5 rings (SSSR count). The van der Waals surface area contributed by atoms with Crippen LogP contribution in [0.4, 0.5) is 0 Å². The molecular formula is C34H44N4O4. The Labute approximate surface area is 247 Å². The summed E-state index contributed by atoms with van der Waals surface area (Å²) in [5.41, 5.74) is 17.4. The number of rotatable bonds is 8. The van der Waals surface area contributed by atoms with Crippen LogP contribution in [-0.2, 0) is 48.1 Å². The summed E-state index contributed by atoms with van der Waals surface area (Å²) in [5.74, 6) is -1.64. The lowest BCUT2D eigenvalue weighted by Gasteiger charge is -2.15. The van der Waals surface area contributed by atoms with Crippen LogP contribution >= 0.6 is 0 Å². The van der Waals surface area contributed by atoms with Gasteiger partial charge in [0.05, 0.1) is 6.04 Å². The van der Waals surface area contributed by atoms with Crippen molar-refractivity contribution in [2.24, 2.45) is 0 Å². The Bertz CT molecular complexity index is 1610. The highest BCUT2D eigenvalue weighted by molar-refractivity contribution is 5.70. The Kier molecular flexibility index (Phi) is 8.26. The third-order valence-electron chi connectivity index (χ3n) is 9.60. The Hall–Kier alpha value is -3.94. The molecule has 224 valence electrons. The minimum atomic E-state index is -0.823. The van der Waals surface area contributed by atoms with E-state index in [1.807, 2.05) is 0 Å². The molecule has 0 saturated heterocycles. The van der Waals surface area contributed by atoms with E-state index in [2.05, 4.69) is 67.9 Å². The lowest BCUT2D eigenvalue weighted by atomic mass is 9.96. The number of carbonyl (C=O) groups is 2. The number of aromatic nitrogens is 3. The summed E-state index contributed by atoms with van der Waals surface area (Å²) in [4.78, 5) is 34.4. The third-order valence-corrected chi connectivity index (χ3v) is 9.60. The normalized spacial score (nSPS) is 17.8. The summed E-state index contributed by atoms with van der Waals surface area (Å²) < 4.78 is 0. The van der Waals surface area contributed by atoms with Crippen molar-refractivity contribution < 1.29 is 19.8 Å². The molecule has 3 aromatic heterocycles. The largest absolute Gasteiger partial charge is 0.481 e. The van der Waals surface area contributed by atoms with Gasteiger partial charge in [-0.05, 0) is 104 Å². The van der Waals surface area contributed by atoms with Crippen LogP contribution < -0.4 is 5.32 Å². The predicted octanol–water partition coefficient (Wildman–Crippen LogP) is 5.97. The molecule has 0 amide bonds. The van der Waals surface area contributed by atoms with Crippen LogP contribution in [0, 0.1) is 20.8 Å². The van der Waals surface area contributed by atoms with Gasteiger partial charge < -0.3 is 30.5 Å². The molecule has 0 spiro atoms. The number of H-pyrrole nitrogens is 3. The lowest BCUT2D eigenvalue weighted by Crippen LogP contribution is -2.26. The second kappa shape index (κ2) is 11.7. The zero-order valence-corrected chi connectivity index (χ0v) is 25.7. The van der Waals surface area contributed by atoms with E-state index < -0.39 is 11.9 Å². The topological polar surface area (TPSA) is 134 Å². The quantitative estimate of drug-likeness (QED) is 0.198. The first-order valence-electron chi connectivity index (χ1n) is 15.2. The number of aliphatic carboxylic acids is 2. The molecule has 5 heterocycles. The SMILES string of the molecule is CCc1c2[nH]c(c1C)Cc1[nH]c(c(CCC(=O)O)c1C)/C=C1\NC(Cc3[nH]c(c(C)c3CC)C2)C(C)=C1CCC(=O)O. The van der Waals surface area contributed by atoms with Gasteiger partial charge >= 0.3 is 11.9 Å². The standard InChI is InChI=1S/C34H44N4O4/c1-7-21-17(3)25-13-26-19(5)23(9-11-33(39)40)31(37-26)16-32-24(10-12-34(41)42)20(6)28(38-32)15-30-22(8-2)18(4)27(36-30)14-29(21)35-25/h16,28,35-38H,7-15H2,1-6H3,(H,39,40)(H,41,42)/b32-16-. The summed E-state index contributed by atoms with van der Waals surface area (Å²) in [6.07, 6.45) is 7.21. The molecule has 0 saturated carbocycles. The van der Waals surface area contributed by atoms with Gasteiger partial charge in [-0.2, -0.15) is 0 Å². The van der Waals surface area contributed by atoms with Gasteiger partial charge in [0.15, 0.2) is 0 Å². The third kappa shape index (κ3) is 5.46. The van der Waals surface area contributed by atoms with Crippen molar-refractivity contribution >= 4 is 18.0 Å². The number of allylic oxidation sites excluding steroid dienone is 1. The Morgan fingerprint density at radius 1 is 0.738 bits per heavy atom. The van der Waals surface area contributed by atoms with Crippen LogP contribution in [-0.4, -0.2) is 43.1 Å². The van der Waals surface area contributed by atoms with E-state index in [0.717, 1.165) is 65.0 Å². The molecule has 8 nitrogen and oxygen atoms in total. The summed E-state index contributed by atoms with van der Waals surface area (Å²) in [5, 5.41) is 22.7. The highest BCUT2D eigenvalue weighted by atomic mass is 16.4. The van der Waals surface area contributed by atoms with Crippen molar-refractivity contribution in [2.45, 2.75) is 105 Å². The molecule has 0 fully saturated rings. The number of hydrogen-bond acceptors (Lipinski definition) is 3. The highest BCUT2D eigenvalue weighted by Crippen LogP contribution is 2.35. The first kappa shape index (κ1) is 29.5. The van der Waals surface area contributed by atoms with Crippen molar-refractivity contribution in [1.82, 2.24) is 20.3 Å². The minimum Gasteiger partial charge on any atom is -0.481 e. The van der Waals surface area contributed by atoms with E-state index in [4.69, 9.17) is 0 Å². The Morgan fingerprint density at radius 2 is 1.26 bits per heavy atom. The van der Waals surface area contributed by atoms with Crippen LogP contribution in [0.3, 0.4) is 0 Å². The fourth-order valence-corrected chi connectivity index (χ4v) is 7.13. The molecule has 0 aromatic carbocycles. The monoisotopic (exact) mass is 572 g/mol. The average Bonchev–Trinajstić information content (AvgIpc) is 3.59. The maximum absolute atomic E-state index is 11.6. The first-order chi connectivity index (χ1) is 20.0. The van der Waals surface area contributed by atoms with Crippen molar-refractivity contribution in [3.63, 3.8) is 0 Å². The Morgan fingerprint density at radius 3 is 1.88 bits per heavy atom. The molecule has 0 aliphatic carbocycles. The van der Waals surface area contributed by atoms with Crippen LogP contribution in [0.1, 0.15) is 108 Å². The van der Waals surface area contributed by atoms with Crippen molar-refractivity contribution in [3.05, 3.63) is 84.4 Å². The van der Waals surface area contributed by atoms with E-state index in [0.29, 0.717) is 19.3 Å². The number of carboxylic acid groups (broad SMARTS) is 2. The summed E-state index contributed by atoms with van der Waals surface area (Å²) in [7, 11) is 0. The number of carboxylic acids is 2. The molecule has 8 bridgehead atoms. The smallest absolute Gasteiger partial charge is 0.303 e. The van der Waals surface area contributed by atoms with E-state index >= 15 is 0 Å². The molecule has 42 heavy (non-hydrogen) atoms. The van der Waals surface area contributed by atoms with Crippen molar-refractivity contribution in [2.75, 3.05) is 0 Å². The number of nitrogens with one attached hydrogen (secondary N) is 4. The molecule has 8 heteroatoms. The van der Waals surface area contributed by atoms with Gasteiger partial charge in [-0.15, -0.1) is 0 Å². The van der Waals surface area contributed by atoms with E-state index in [9.17, 15) is 19.8 Å². The lowest BCUT2D eigenvalue weighted by molar-refractivity contribution is -0.138. The van der Waals surface area contributed by atoms with Crippen LogP contribution in [0.25, 0.3) is 6.08 Å². The second-order valence-electron chi connectivity index (χ2n) is 12.0. The van der Waals surface area contributed by atoms with Gasteiger partial charge in [-0.3, -0.25) is 9.59 Å². The zero-order chi connectivity index (χ0) is 30.3. The number of hydrogen-bond donors (Lipinski definition) is 6. The van der Waals surface area contributed by atoms with Gasteiger partial charge in [-0.25, -0.2) is 0 Å².